The highest BCUT2D eigenvalue weighted by atomic mass is 16.5. The van der Waals surface area contributed by atoms with E-state index in [4.69, 9.17) is 9.26 Å². The topological polar surface area (TPSA) is 111 Å². The summed E-state index contributed by atoms with van der Waals surface area (Å²) in [5.74, 6) is -0.482. The van der Waals surface area contributed by atoms with Gasteiger partial charge in [0.05, 0.1) is 5.69 Å². The highest BCUT2D eigenvalue weighted by Crippen LogP contribution is 2.17. The Hall–Kier alpha value is -2.38. The number of carbonyl (C=O) groups excluding carboxylic acids is 3. The van der Waals surface area contributed by atoms with Crippen LogP contribution in [0.25, 0.3) is 0 Å². The zero-order valence-electron chi connectivity index (χ0n) is 15.6. The number of urea groups is 1. The Bertz CT molecular complexity index is 630. The summed E-state index contributed by atoms with van der Waals surface area (Å²) in [5.41, 5.74) is 1.60. The summed E-state index contributed by atoms with van der Waals surface area (Å²) in [6, 6.07) is -0.440. The molecule has 8 nitrogen and oxygen atoms in total. The van der Waals surface area contributed by atoms with Gasteiger partial charge in [0, 0.05) is 18.0 Å². The van der Waals surface area contributed by atoms with Crippen LogP contribution in [0.5, 0.6) is 0 Å². The largest absolute Gasteiger partial charge is 0.453 e. The van der Waals surface area contributed by atoms with Crippen LogP contribution < -0.4 is 10.6 Å². The molecule has 3 amide bonds. The van der Waals surface area contributed by atoms with Crippen molar-refractivity contribution < 1.29 is 23.6 Å². The Morgan fingerprint density at radius 3 is 2.54 bits per heavy atom. The summed E-state index contributed by atoms with van der Waals surface area (Å²) in [4.78, 5) is 35.8. The van der Waals surface area contributed by atoms with Crippen molar-refractivity contribution in [2.45, 2.75) is 77.9 Å². The van der Waals surface area contributed by atoms with Crippen LogP contribution in [0.3, 0.4) is 0 Å². The number of aromatic nitrogens is 1. The lowest BCUT2D eigenvalue weighted by Gasteiger charge is -2.23. The number of aryl methyl sites for hydroxylation is 2. The molecule has 2 rings (SSSR count). The Morgan fingerprint density at radius 2 is 1.92 bits per heavy atom. The fourth-order valence-electron chi connectivity index (χ4n) is 3.08. The molecule has 144 valence electrons. The lowest BCUT2D eigenvalue weighted by molar-refractivity contribution is -0.154. The number of hydrogen-bond acceptors (Lipinski definition) is 6. The molecule has 0 unspecified atom stereocenters. The number of carbonyl (C=O) groups is 3. The van der Waals surface area contributed by atoms with Gasteiger partial charge in [-0.1, -0.05) is 24.4 Å². The van der Waals surface area contributed by atoms with Crippen LogP contribution in [0.2, 0.25) is 0 Å². The second kappa shape index (κ2) is 9.35. The number of hydrogen-bond donors (Lipinski definition) is 2. The molecule has 0 aromatic carbocycles. The molecule has 1 heterocycles. The molecular formula is C18H27N3O5. The van der Waals surface area contributed by atoms with Gasteiger partial charge in [-0.2, -0.15) is 0 Å². The summed E-state index contributed by atoms with van der Waals surface area (Å²) in [6.07, 6.45) is 4.69. The molecule has 0 spiro atoms. The minimum atomic E-state index is -1.04. The van der Waals surface area contributed by atoms with Crippen molar-refractivity contribution in [2.24, 2.45) is 0 Å². The number of rotatable bonds is 6. The summed E-state index contributed by atoms with van der Waals surface area (Å²) < 4.78 is 10.1. The van der Waals surface area contributed by atoms with Gasteiger partial charge in [0.15, 0.2) is 6.10 Å². The lowest BCUT2D eigenvalue weighted by atomic mass is 9.96. The zero-order valence-corrected chi connectivity index (χ0v) is 15.6. The van der Waals surface area contributed by atoms with Crippen LogP contribution in [-0.2, 0) is 20.7 Å². The smallest absolute Gasteiger partial charge is 0.321 e. The number of nitrogens with one attached hydrogen (secondary N) is 2. The first-order valence-electron chi connectivity index (χ1n) is 9.09. The van der Waals surface area contributed by atoms with Gasteiger partial charge in [-0.25, -0.2) is 4.79 Å². The van der Waals surface area contributed by atoms with Crippen molar-refractivity contribution in [3.05, 3.63) is 17.0 Å². The first kappa shape index (κ1) is 19.9. The predicted octanol–water partition coefficient (Wildman–Crippen LogP) is 2.31. The average molecular weight is 365 g/mol. The molecule has 0 radical (unpaired) electrons. The lowest BCUT2D eigenvalue weighted by Crippen LogP contribution is -2.48. The van der Waals surface area contributed by atoms with E-state index in [0.29, 0.717) is 12.2 Å². The second-order valence-electron chi connectivity index (χ2n) is 6.73. The predicted molar refractivity (Wildman–Crippen MR) is 93.4 cm³/mol. The molecule has 1 aromatic heterocycles. The minimum Gasteiger partial charge on any atom is -0.453 e. The van der Waals surface area contributed by atoms with Crippen LogP contribution in [0, 0.1) is 13.8 Å². The van der Waals surface area contributed by atoms with Crippen molar-refractivity contribution in [1.82, 2.24) is 15.8 Å². The van der Waals surface area contributed by atoms with Crippen molar-refractivity contribution >= 4 is 17.9 Å². The Balaban J connectivity index is 1.71. The number of ether oxygens (including phenoxy) is 1. The number of esters is 1. The van der Waals surface area contributed by atoms with Crippen LogP contribution in [0.4, 0.5) is 4.79 Å². The molecular weight excluding hydrogens is 338 g/mol. The fourth-order valence-corrected chi connectivity index (χ4v) is 3.08. The molecule has 1 aliphatic rings. The zero-order chi connectivity index (χ0) is 19.1. The summed E-state index contributed by atoms with van der Waals surface area (Å²) in [5, 5.41) is 8.84. The molecule has 0 bridgehead atoms. The van der Waals surface area contributed by atoms with Gasteiger partial charge in [-0.15, -0.1) is 0 Å². The van der Waals surface area contributed by atoms with E-state index in [-0.39, 0.29) is 12.5 Å². The molecule has 26 heavy (non-hydrogen) atoms. The summed E-state index contributed by atoms with van der Waals surface area (Å²) in [6.45, 7) is 5.02. The van der Waals surface area contributed by atoms with Crippen LogP contribution in [0.15, 0.2) is 4.52 Å². The van der Waals surface area contributed by atoms with Gasteiger partial charge in [0.2, 0.25) is 0 Å². The molecule has 2 N–H and O–H groups in total. The highest BCUT2D eigenvalue weighted by Gasteiger charge is 2.22. The maximum Gasteiger partial charge on any atom is 0.321 e. The number of nitrogens with zero attached hydrogens (tertiary/aromatic N) is 1. The van der Waals surface area contributed by atoms with Gasteiger partial charge in [-0.05, 0) is 40.0 Å². The maximum atomic E-state index is 12.0. The summed E-state index contributed by atoms with van der Waals surface area (Å²) in [7, 11) is 0. The van der Waals surface area contributed by atoms with Gasteiger partial charge < -0.3 is 14.6 Å². The van der Waals surface area contributed by atoms with Crippen LogP contribution in [-0.4, -0.2) is 35.2 Å². The first-order chi connectivity index (χ1) is 12.4. The quantitative estimate of drug-likeness (QED) is 0.749. The fraction of sp³-hybridized carbons (Fsp3) is 0.667. The highest BCUT2D eigenvalue weighted by molar-refractivity contribution is 5.97. The van der Waals surface area contributed by atoms with E-state index in [9.17, 15) is 14.4 Å². The van der Waals surface area contributed by atoms with E-state index in [2.05, 4.69) is 15.8 Å². The van der Waals surface area contributed by atoms with E-state index >= 15 is 0 Å². The van der Waals surface area contributed by atoms with Gasteiger partial charge >= 0.3 is 12.0 Å². The third-order valence-corrected chi connectivity index (χ3v) is 4.61. The standard InChI is InChI=1S/C18H27N3O5/c1-11-15(12(2)26-21-11)9-10-16(22)25-13(3)17(23)20-18(24)19-14-7-5-4-6-8-14/h13-14H,4-10H2,1-3H3,(H2,19,20,23,24)/t13-/m0/s1. The molecule has 0 aliphatic heterocycles. The Kier molecular flexibility index (Phi) is 7.17. The van der Waals surface area contributed by atoms with Gasteiger partial charge in [0.25, 0.3) is 5.91 Å². The van der Waals surface area contributed by atoms with Crippen molar-refractivity contribution in [2.75, 3.05) is 0 Å². The molecule has 1 atom stereocenters. The van der Waals surface area contributed by atoms with E-state index in [1.807, 2.05) is 0 Å². The van der Waals surface area contributed by atoms with Gasteiger partial charge in [-0.3, -0.25) is 14.9 Å². The third kappa shape index (κ3) is 5.86. The molecule has 1 aromatic rings. The van der Waals surface area contributed by atoms with Crippen molar-refractivity contribution in [3.63, 3.8) is 0 Å². The van der Waals surface area contributed by atoms with Gasteiger partial charge in [0.1, 0.15) is 5.76 Å². The average Bonchev–Trinajstić information content (AvgIpc) is 2.92. The molecule has 1 saturated carbocycles. The van der Waals surface area contributed by atoms with E-state index < -0.39 is 24.0 Å². The third-order valence-electron chi connectivity index (χ3n) is 4.61. The molecule has 0 saturated heterocycles. The molecule has 1 aliphatic carbocycles. The van der Waals surface area contributed by atoms with E-state index in [1.165, 1.54) is 13.3 Å². The van der Waals surface area contributed by atoms with E-state index in [0.717, 1.165) is 36.9 Å². The Labute approximate surface area is 153 Å². The van der Waals surface area contributed by atoms with Crippen molar-refractivity contribution in [1.29, 1.82) is 0 Å². The normalized spacial score (nSPS) is 16.0. The summed E-state index contributed by atoms with van der Waals surface area (Å²) >= 11 is 0. The molecule has 1 fully saturated rings. The first-order valence-corrected chi connectivity index (χ1v) is 9.09. The van der Waals surface area contributed by atoms with Crippen LogP contribution >= 0.6 is 0 Å². The second-order valence-corrected chi connectivity index (χ2v) is 6.73. The SMILES string of the molecule is Cc1noc(C)c1CCC(=O)O[C@@H](C)C(=O)NC(=O)NC1CCCCC1. The molecule has 8 heteroatoms. The van der Waals surface area contributed by atoms with Crippen LogP contribution in [0.1, 0.15) is 62.5 Å². The monoisotopic (exact) mass is 365 g/mol. The maximum absolute atomic E-state index is 12.0. The Morgan fingerprint density at radius 1 is 1.23 bits per heavy atom. The minimum absolute atomic E-state index is 0.101. The number of imide groups is 1. The number of amides is 3. The van der Waals surface area contributed by atoms with E-state index in [1.54, 1.807) is 13.8 Å². The van der Waals surface area contributed by atoms with Crippen molar-refractivity contribution in [3.8, 4) is 0 Å².